The fourth-order valence-corrected chi connectivity index (χ4v) is 4.69. The van der Waals surface area contributed by atoms with Crippen LogP contribution in [0.2, 0.25) is 0 Å². The third-order valence-corrected chi connectivity index (χ3v) is 6.38. The summed E-state index contributed by atoms with van der Waals surface area (Å²) in [6.07, 6.45) is -0.937. The Morgan fingerprint density at radius 2 is 1.94 bits per heavy atom. The van der Waals surface area contributed by atoms with Crippen LogP contribution in [0.5, 0.6) is 0 Å². The van der Waals surface area contributed by atoms with E-state index in [0.29, 0.717) is 24.9 Å². The van der Waals surface area contributed by atoms with Crippen molar-refractivity contribution >= 4 is 5.91 Å². The number of aliphatic hydroxyl groups is 1. The number of aliphatic hydroxyl groups excluding tert-OH is 1. The number of nitrogens with zero attached hydrogens (tertiary/aromatic N) is 2. The highest BCUT2D eigenvalue weighted by Gasteiger charge is 2.38. The first-order chi connectivity index (χ1) is 16.8. The van der Waals surface area contributed by atoms with Crippen molar-refractivity contribution in [3.8, 4) is 0 Å². The number of nitrogens with one attached hydrogen (secondary N) is 1. The van der Waals surface area contributed by atoms with Crippen molar-refractivity contribution in [3.05, 3.63) is 65.5 Å². The van der Waals surface area contributed by atoms with Crippen molar-refractivity contribution in [2.45, 2.75) is 62.9 Å². The van der Waals surface area contributed by atoms with Gasteiger partial charge in [0, 0.05) is 38.1 Å². The van der Waals surface area contributed by atoms with E-state index in [1.165, 1.54) is 6.07 Å². The van der Waals surface area contributed by atoms with Gasteiger partial charge in [-0.15, -0.1) is 0 Å². The minimum atomic E-state index is -4.42. The van der Waals surface area contributed by atoms with Crippen LogP contribution in [0.1, 0.15) is 36.0 Å². The quantitative estimate of drug-likeness (QED) is 0.644. The molecule has 35 heavy (non-hydrogen) atoms. The summed E-state index contributed by atoms with van der Waals surface area (Å²) in [7, 11) is 0. The highest BCUT2D eigenvalue weighted by molar-refractivity contribution is 5.76. The molecule has 190 valence electrons. The van der Waals surface area contributed by atoms with Crippen LogP contribution >= 0.6 is 0 Å². The normalized spacial score (nSPS) is 25.8. The molecule has 4 rings (SSSR count). The molecule has 4 atom stereocenters. The van der Waals surface area contributed by atoms with E-state index in [9.17, 15) is 23.1 Å². The Kier molecular flexibility index (Phi) is 8.38. The second-order valence-corrected chi connectivity index (χ2v) is 9.10. The zero-order chi connectivity index (χ0) is 24.8. The molecule has 10 heteroatoms. The predicted molar refractivity (Wildman–Crippen MR) is 121 cm³/mol. The van der Waals surface area contributed by atoms with Gasteiger partial charge in [0.2, 0.25) is 5.91 Å². The van der Waals surface area contributed by atoms with E-state index in [2.05, 4.69) is 10.3 Å². The SMILES string of the molecule is O=C(C[C@@H]1CC[C@H]2[C@@H](COC[C@@H](O)CN2Cc2cccc(C(F)(F)F)c2)O1)NCc1ccncc1. The number of ether oxygens (including phenoxy) is 2. The highest BCUT2D eigenvalue weighted by atomic mass is 19.4. The molecule has 1 amide bonds. The third kappa shape index (κ3) is 7.23. The van der Waals surface area contributed by atoms with E-state index >= 15 is 0 Å². The van der Waals surface area contributed by atoms with Crippen molar-refractivity contribution in [2.75, 3.05) is 19.8 Å². The van der Waals surface area contributed by atoms with Gasteiger partial charge >= 0.3 is 6.18 Å². The minimum Gasteiger partial charge on any atom is -0.389 e. The number of halogens is 3. The largest absolute Gasteiger partial charge is 0.416 e. The van der Waals surface area contributed by atoms with Crippen LogP contribution in [-0.2, 0) is 33.5 Å². The van der Waals surface area contributed by atoms with Crippen LogP contribution in [0, 0.1) is 0 Å². The molecule has 1 aromatic heterocycles. The molecule has 0 saturated carbocycles. The predicted octanol–water partition coefficient (Wildman–Crippen LogP) is 2.92. The molecule has 1 aromatic carbocycles. The van der Waals surface area contributed by atoms with Gasteiger partial charge in [0.05, 0.1) is 43.5 Å². The van der Waals surface area contributed by atoms with Gasteiger partial charge in [-0.25, -0.2) is 0 Å². The lowest BCUT2D eigenvalue weighted by Crippen LogP contribution is -2.55. The first-order valence-corrected chi connectivity index (χ1v) is 11.7. The number of benzene rings is 1. The van der Waals surface area contributed by atoms with Crippen LogP contribution in [0.3, 0.4) is 0 Å². The maximum absolute atomic E-state index is 13.2. The summed E-state index contributed by atoms with van der Waals surface area (Å²) in [6.45, 7) is 1.28. The van der Waals surface area contributed by atoms with Gasteiger partial charge < -0.3 is 19.9 Å². The van der Waals surface area contributed by atoms with Crippen LogP contribution in [0.4, 0.5) is 13.2 Å². The molecule has 0 unspecified atom stereocenters. The number of rotatable bonds is 6. The number of pyridine rings is 1. The molecule has 2 aliphatic heterocycles. The van der Waals surface area contributed by atoms with Gasteiger partial charge in [-0.2, -0.15) is 13.2 Å². The van der Waals surface area contributed by atoms with Crippen LogP contribution in [-0.4, -0.2) is 65.0 Å². The molecular formula is C25H30F3N3O4. The zero-order valence-corrected chi connectivity index (χ0v) is 19.3. The lowest BCUT2D eigenvalue weighted by atomic mass is 9.94. The molecule has 2 fully saturated rings. The first-order valence-electron chi connectivity index (χ1n) is 11.7. The van der Waals surface area contributed by atoms with Crippen molar-refractivity contribution in [3.63, 3.8) is 0 Å². The van der Waals surface area contributed by atoms with Crippen molar-refractivity contribution in [1.82, 2.24) is 15.2 Å². The van der Waals surface area contributed by atoms with Crippen molar-refractivity contribution in [1.29, 1.82) is 0 Å². The highest BCUT2D eigenvalue weighted by Crippen LogP contribution is 2.32. The van der Waals surface area contributed by atoms with Gasteiger partial charge in [0.1, 0.15) is 0 Å². The van der Waals surface area contributed by atoms with E-state index in [1.807, 2.05) is 17.0 Å². The molecule has 0 bridgehead atoms. The molecular weight excluding hydrogens is 463 g/mol. The van der Waals surface area contributed by atoms with Crippen LogP contribution in [0.15, 0.2) is 48.8 Å². The number of amides is 1. The molecule has 0 spiro atoms. The van der Waals surface area contributed by atoms with Gasteiger partial charge in [-0.05, 0) is 42.2 Å². The lowest BCUT2D eigenvalue weighted by Gasteiger charge is -2.44. The fraction of sp³-hybridized carbons (Fsp3) is 0.520. The summed E-state index contributed by atoms with van der Waals surface area (Å²) in [4.78, 5) is 18.4. The second kappa shape index (κ2) is 11.5. The topological polar surface area (TPSA) is 83.9 Å². The Morgan fingerprint density at radius 1 is 1.14 bits per heavy atom. The van der Waals surface area contributed by atoms with E-state index < -0.39 is 17.8 Å². The summed E-state index contributed by atoms with van der Waals surface area (Å²) < 4.78 is 51.4. The standard InChI is InChI=1S/C25H30F3N3O4/c26-25(27,28)19-3-1-2-18(10-19)13-31-14-20(32)15-34-16-23-22(31)5-4-21(35-23)11-24(33)30-12-17-6-8-29-9-7-17/h1-3,6-10,20-23,32H,4-5,11-16H2,(H,30,33)/t20-,21-,22-,23+/m0/s1. The number of carbonyl (C=O) groups is 1. The summed E-state index contributed by atoms with van der Waals surface area (Å²) in [5.41, 5.74) is 0.778. The smallest absolute Gasteiger partial charge is 0.389 e. The molecule has 7 nitrogen and oxygen atoms in total. The molecule has 3 heterocycles. The second-order valence-electron chi connectivity index (χ2n) is 9.10. The maximum atomic E-state index is 13.2. The number of hydrogen-bond acceptors (Lipinski definition) is 6. The van der Waals surface area contributed by atoms with E-state index in [4.69, 9.17) is 9.47 Å². The number of hydrogen-bond donors (Lipinski definition) is 2. The Hall–Kier alpha value is -2.53. The Bertz CT molecular complexity index is 976. The number of carbonyl (C=O) groups excluding carboxylic acids is 1. The van der Waals surface area contributed by atoms with E-state index in [0.717, 1.165) is 17.7 Å². The van der Waals surface area contributed by atoms with Crippen molar-refractivity contribution < 1.29 is 32.5 Å². The molecule has 0 aliphatic carbocycles. The third-order valence-electron chi connectivity index (χ3n) is 6.38. The summed E-state index contributed by atoms with van der Waals surface area (Å²) in [5, 5.41) is 13.2. The number of alkyl halides is 3. The van der Waals surface area contributed by atoms with Crippen LogP contribution in [0.25, 0.3) is 0 Å². The number of aromatic nitrogens is 1. The monoisotopic (exact) mass is 493 g/mol. The average Bonchev–Trinajstić information content (AvgIpc) is 2.82. The Labute approximate surface area is 202 Å². The van der Waals surface area contributed by atoms with Crippen LogP contribution < -0.4 is 5.32 Å². The Morgan fingerprint density at radius 3 is 2.71 bits per heavy atom. The minimum absolute atomic E-state index is 0.114. The number of β-amino-alcohol motifs (C(OH)–C–C–N with tert-alkyl or cyclic N) is 1. The fourth-order valence-electron chi connectivity index (χ4n) is 4.69. The molecule has 0 radical (unpaired) electrons. The molecule has 2 aromatic rings. The van der Waals surface area contributed by atoms with E-state index in [1.54, 1.807) is 18.5 Å². The lowest BCUT2D eigenvalue weighted by molar-refractivity contribution is -0.158. The summed E-state index contributed by atoms with van der Waals surface area (Å²) in [6, 6.07) is 8.79. The van der Waals surface area contributed by atoms with E-state index in [-0.39, 0.29) is 56.9 Å². The summed E-state index contributed by atoms with van der Waals surface area (Å²) in [5.74, 6) is -0.117. The average molecular weight is 494 g/mol. The molecule has 2 aliphatic rings. The number of fused-ring (bicyclic) bond motifs is 1. The van der Waals surface area contributed by atoms with Gasteiger partial charge in [0.25, 0.3) is 0 Å². The first kappa shape index (κ1) is 25.6. The van der Waals surface area contributed by atoms with Crippen molar-refractivity contribution in [2.24, 2.45) is 0 Å². The summed E-state index contributed by atoms with van der Waals surface area (Å²) >= 11 is 0. The Balaban J connectivity index is 1.38. The maximum Gasteiger partial charge on any atom is 0.416 e. The van der Waals surface area contributed by atoms with Gasteiger partial charge in [-0.1, -0.05) is 18.2 Å². The van der Waals surface area contributed by atoms with Gasteiger partial charge in [-0.3, -0.25) is 14.7 Å². The molecule has 2 N–H and O–H groups in total. The zero-order valence-electron chi connectivity index (χ0n) is 19.3. The molecule has 2 saturated heterocycles. The van der Waals surface area contributed by atoms with Gasteiger partial charge in [0.15, 0.2) is 0 Å².